The molecule has 1 rings (SSSR count). The number of nitrogens with zero attached hydrogens (tertiary/aromatic N) is 1. The van der Waals surface area contributed by atoms with E-state index < -0.39 is 0 Å². The summed E-state index contributed by atoms with van der Waals surface area (Å²) in [4.78, 5) is 14.2. The molecule has 3 heteroatoms. The van der Waals surface area contributed by atoms with Crippen LogP contribution < -0.4 is 5.32 Å². The van der Waals surface area contributed by atoms with E-state index in [-0.39, 0.29) is 11.3 Å². The number of ketones is 1. The van der Waals surface area contributed by atoms with Crippen molar-refractivity contribution in [2.24, 2.45) is 5.92 Å². The Labute approximate surface area is 136 Å². The lowest BCUT2D eigenvalue weighted by atomic mass is 9.89. The second-order valence-corrected chi connectivity index (χ2v) is 7.02. The first-order valence-corrected chi connectivity index (χ1v) is 8.71. The highest BCUT2D eigenvalue weighted by atomic mass is 16.1. The molecule has 1 atom stereocenters. The fraction of sp³-hybridized carbons (Fsp3) is 0.737. The van der Waals surface area contributed by atoms with Gasteiger partial charge in [-0.2, -0.15) is 0 Å². The van der Waals surface area contributed by atoms with E-state index in [2.05, 4.69) is 57.1 Å². The standard InChI is InChI=1S/C19H34N2O/c1-7-9-10-11-12-16-13-19(4,5)21(6)18(20-14-16)17(8-2)15(3)22/h11-12,16,20H,7-10,13-14H2,1-6H3/b12-11+,18-17+/t16-/m0/s1. The number of allylic oxidation sites excluding steroid dienone is 2. The SMILES string of the molecule is CCCC/C=C/[C@@H]1CN/C(=C(/CC)C(C)=O)N(C)C(C)(C)C1. The third-order valence-corrected chi connectivity index (χ3v) is 4.73. The van der Waals surface area contributed by atoms with E-state index in [1.807, 2.05) is 0 Å². The van der Waals surface area contributed by atoms with Crippen molar-refractivity contribution in [2.45, 2.75) is 72.3 Å². The molecule has 0 aliphatic carbocycles. The molecule has 1 N–H and O–H groups in total. The zero-order chi connectivity index (χ0) is 16.8. The third kappa shape index (κ3) is 4.89. The number of carbonyl (C=O) groups excluding carboxylic acids is 1. The minimum absolute atomic E-state index is 0.0362. The lowest BCUT2D eigenvalue weighted by Gasteiger charge is -2.38. The van der Waals surface area contributed by atoms with Gasteiger partial charge >= 0.3 is 0 Å². The molecule has 1 aliphatic rings. The third-order valence-electron chi connectivity index (χ3n) is 4.73. The van der Waals surface area contributed by atoms with Gasteiger partial charge in [-0.25, -0.2) is 0 Å². The molecule has 22 heavy (non-hydrogen) atoms. The van der Waals surface area contributed by atoms with Crippen molar-refractivity contribution in [3.63, 3.8) is 0 Å². The fourth-order valence-electron chi connectivity index (χ4n) is 3.14. The molecule has 0 spiro atoms. The minimum atomic E-state index is 0.0362. The summed E-state index contributed by atoms with van der Waals surface area (Å²) in [5.74, 6) is 1.70. The lowest BCUT2D eigenvalue weighted by molar-refractivity contribution is -0.113. The number of unbranched alkanes of at least 4 members (excludes halogenated alkanes) is 2. The van der Waals surface area contributed by atoms with Gasteiger partial charge in [-0.15, -0.1) is 0 Å². The maximum atomic E-state index is 11.9. The molecule has 1 saturated heterocycles. The highest BCUT2D eigenvalue weighted by Crippen LogP contribution is 2.30. The van der Waals surface area contributed by atoms with Crippen LogP contribution in [0.25, 0.3) is 0 Å². The first-order valence-electron chi connectivity index (χ1n) is 8.71. The van der Waals surface area contributed by atoms with Crippen molar-refractivity contribution in [1.29, 1.82) is 0 Å². The van der Waals surface area contributed by atoms with Crippen LogP contribution in [0.2, 0.25) is 0 Å². The molecule has 0 saturated carbocycles. The summed E-state index contributed by atoms with van der Waals surface area (Å²) in [6, 6.07) is 0. The summed E-state index contributed by atoms with van der Waals surface area (Å²) in [5, 5.41) is 3.54. The molecule has 1 aliphatic heterocycles. The van der Waals surface area contributed by atoms with Gasteiger partial charge in [0.2, 0.25) is 0 Å². The topological polar surface area (TPSA) is 32.3 Å². The van der Waals surface area contributed by atoms with Crippen LogP contribution in [-0.4, -0.2) is 29.8 Å². The van der Waals surface area contributed by atoms with Gasteiger partial charge in [-0.05, 0) is 46.0 Å². The molecule has 0 amide bonds. The molecule has 0 aromatic carbocycles. The number of hydrogen-bond acceptors (Lipinski definition) is 3. The van der Waals surface area contributed by atoms with Crippen molar-refractivity contribution in [3.8, 4) is 0 Å². The average Bonchev–Trinajstić information content (AvgIpc) is 2.55. The Morgan fingerprint density at radius 3 is 2.64 bits per heavy atom. The summed E-state index contributed by atoms with van der Waals surface area (Å²) in [5.41, 5.74) is 0.945. The predicted molar refractivity (Wildman–Crippen MR) is 94.6 cm³/mol. The van der Waals surface area contributed by atoms with Crippen LogP contribution in [0.3, 0.4) is 0 Å². The van der Waals surface area contributed by atoms with Gasteiger partial charge in [0.25, 0.3) is 0 Å². The predicted octanol–water partition coefficient (Wildman–Crippen LogP) is 4.26. The Balaban J connectivity index is 2.97. The van der Waals surface area contributed by atoms with Crippen LogP contribution in [0.5, 0.6) is 0 Å². The van der Waals surface area contributed by atoms with Gasteiger partial charge in [0.05, 0.1) is 0 Å². The van der Waals surface area contributed by atoms with Gasteiger partial charge in [0, 0.05) is 24.7 Å². The van der Waals surface area contributed by atoms with Crippen molar-refractivity contribution in [3.05, 3.63) is 23.5 Å². The Kier molecular flexibility index (Phi) is 7.18. The second-order valence-electron chi connectivity index (χ2n) is 7.02. The molecule has 0 radical (unpaired) electrons. The van der Waals surface area contributed by atoms with Gasteiger partial charge in [0.1, 0.15) is 5.82 Å². The molecular formula is C19H34N2O. The number of Topliss-reactive ketones (excluding diaryl/α,β-unsaturated/α-hetero) is 1. The van der Waals surface area contributed by atoms with Crippen LogP contribution >= 0.6 is 0 Å². The van der Waals surface area contributed by atoms with E-state index in [0.717, 1.165) is 30.8 Å². The molecule has 0 bridgehead atoms. The monoisotopic (exact) mass is 306 g/mol. The molecule has 126 valence electrons. The molecule has 1 fully saturated rings. The van der Waals surface area contributed by atoms with Crippen molar-refractivity contribution in [1.82, 2.24) is 10.2 Å². The summed E-state index contributed by atoms with van der Waals surface area (Å²) >= 11 is 0. The minimum Gasteiger partial charge on any atom is -0.371 e. The van der Waals surface area contributed by atoms with Crippen LogP contribution in [0, 0.1) is 5.92 Å². The Hall–Kier alpha value is -1.25. The van der Waals surface area contributed by atoms with Crippen LogP contribution in [0.1, 0.15) is 66.7 Å². The maximum Gasteiger partial charge on any atom is 0.159 e. The van der Waals surface area contributed by atoms with E-state index in [9.17, 15) is 4.79 Å². The smallest absolute Gasteiger partial charge is 0.159 e. The summed E-state index contributed by atoms with van der Waals surface area (Å²) in [7, 11) is 2.10. The zero-order valence-electron chi connectivity index (χ0n) is 15.3. The zero-order valence-corrected chi connectivity index (χ0v) is 15.3. The van der Waals surface area contributed by atoms with Crippen LogP contribution in [0.15, 0.2) is 23.5 Å². The van der Waals surface area contributed by atoms with Crippen LogP contribution in [0.4, 0.5) is 0 Å². The maximum absolute atomic E-state index is 11.9. The van der Waals surface area contributed by atoms with Crippen molar-refractivity contribution < 1.29 is 4.79 Å². The van der Waals surface area contributed by atoms with Gasteiger partial charge in [-0.3, -0.25) is 4.79 Å². The van der Waals surface area contributed by atoms with E-state index in [4.69, 9.17) is 0 Å². The van der Waals surface area contributed by atoms with Crippen LogP contribution in [-0.2, 0) is 4.79 Å². The molecule has 0 aromatic rings. The highest BCUT2D eigenvalue weighted by Gasteiger charge is 2.33. The first-order chi connectivity index (χ1) is 10.3. The van der Waals surface area contributed by atoms with Crippen molar-refractivity contribution in [2.75, 3.05) is 13.6 Å². The summed E-state index contributed by atoms with van der Waals surface area (Å²) in [6.45, 7) is 11.4. The number of carbonyl (C=O) groups is 1. The normalized spacial score (nSPS) is 24.1. The number of nitrogens with one attached hydrogen (secondary N) is 1. The fourth-order valence-corrected chi connectivity index (χ4v) is 3.14. The van der Waals surface area contributed by atoms with E-state index >= 15 is 0 Å². The quantitative estimate of drug-likeness (QED) is 0.452. The second kappa shape index (κ2) is 8.40. The lowest BCUT2D eigenvalue weighted by Crippen LogP contribution is -2.42. The molecule has 1 heterocycles. The number of hydrogen-bond donors (Lipinski definition) is 1. The van der Waals surface area contributed by atoms with E-state index in [1.165, 1.54) is 19.3 Å². The molecule has 0 aromatic heterocycles. The Morgan fingerprint density at radius 1 is 1.41 bits per heavy atom. The largest absolute Gasteiger partial charge is 0.371 e. The van der Waals surface area contributed by atoms with Gasteiger partial charge < -0.3 is 10.2 Å². The van der Waals surface area contributed by atoms with E-state index in [1.54, 1.807) is 6.92 Å². The molecular weight excluding hydrogens is 272 g/mol. The summed E-state index contributed by atoms with van der Waals surface area (Å²) in [6.07, 6.45) is 10.2. The summed E-state index contributed by atoms with van der Waals surface area (Å²) < 4.78 is 0. The average molecular weight is 306 g/mol. The Morgan fingerprint density at radius 2 is 2.09 bits per heavy atom. The van der Waals surface area contributed by atoms with Gasteiger partial charge in [0.15, 0.2) is 5.78 Å². The molecule has 0 unspecified atom stereocenters. The first kappa shape index (κ1) is 18.8. The Bertz CT molecular complexity index is 435. The van der Waals surface area contributed by atoms with Crippen molar-refractivity contribution >= 4 is 5.78 Å². The van der Waals surface area contributed by atoms with E-state index in [0.29, 0.717) is 5.92 Å². The molecule has 3 nitrogen and oxygen atoms in total. The number of rotatable bonds is 6. The van der Waals surface area contributed by atoms with Gasteiger partial charge in [-0.1, -0.05) is 38.8 Å². The highest BCUT2D eigenvalue weighted by molar-refractivity contribution is 5.93.